The van der Waals surface area contributed by atoms with E-state index in [1.165, 1.54) is 7.11 Å². The van der Waals surface area contributed by atoms with Crippen LogP contribution >= 0.6 is 11.6 Å². The summed E-state index contributed by atoms with van der Waals surface area (Å²) in [4.78, 5) is 24.7. The van der Waals surface area contributed by atoms with Crippen LogP contribution in [0.25, 0.3) is 0 Å². The molecule has 0 spiro atoms. The lowest BCUT2D eigenvalue weighted by Crippen LogP contribution is -2.28. The SMILES string of the molecule is COC(=O)CCCN(C)C(=O)c1ccc(C)cc1Cl. The van der Waals surface area contributed by atoms with Gasteiger partial charge in [-0.05, 0) is 31.0 Å². The molecule has 19 heavy (non-hydrogen) atoms. The molecular weight excluding hydrogens is 266 g/mol. The number of aryl methyl sites for hydroxylation is 1. The summed E-state index contributed by atoms with van der Waals surface area (Å²) in [5.41, 5.74) is 1.49. The smallest absolute Gasteiger partial charge is 0.305 e. The van der Waals surface area contributed by atoms with Crippen molar-refractivity contribution < 1.29 is 14.3 Å². The van der Waals surface area contributed by atoms with Crippen LogP contribution < -0.4 is 0 Å². The molecule has 104 valence electrons. The first-order valence-electron chi connectivity index (χ1n) is 6.04. The molecule has 1 aromatic carbocycles. The maximum Gasteiger partial charge on any atom is 0.305 e. The molecule has 0 saturated heterocycles. The van der Waals surface area contributed by atoms with Gasteiger partial charge in [0, 0.05) is 20.0 Å². The normalized spacial score (nSPS) is 10.1. The highest BCUT2D eigenvalue weighted by Crippen LogP contribution is 2.19. The van der Waals surface area contributed by atoms with Crippen LogP contribution in [-0.4, -0.2) is 37.5 Å². The van der Waals surface area contributed by atoms with Gasteiger partial charge in [0.15, 0.2) is 0 Å². The van der Waals surface area contributed by atoms with E-state index in [1.54, 1.807) is 24.1 Å². The summed E-state index contributed by atoms with van der Waals surface area (Å²) < 4.78 is 4.55. The number of hydrogen-bond acceptors (Lipinski definition) is 3. The van der Waals surface area contributed by atoms with E-state index in [-0.39, 0.29) is 11.9 Å². The van der Waals surface area contributed by atoms with Crippen molar-refractivity contribution in [3.05, 3.63) is 34.3 Å². The van der Waals surface area contributed by atoms with E-state index in [9.17, 15) is 9.59 Å². The van der Waals surface area contributed by atoms with E-state index in [4.69, 9.17) is 11.6 Å². The Balaban J connectivity index is 2.59. The van der Waals surface area contributed by atoms with E-state index >= 15 is 0 Å². The van der Waals surface area contributed by atoms with Gasteiger partial charge in [0.25, 0.3) is 5.91 Å². The Bertz CT molecular complexity index is 474. The number of nitrogens with zero attached hydrogens (tertiary/aromatic N) is 1. The molecular formula is C14H18ClNO3. The molecule has 1 rings (SSSR count). The number of ether oxygens (including phenoxy) is 1. The van der Waals surface area contributed by atoms with E-state index in [0.29, 0.717) is 30.0 Å². The molecule has 5 heteroatoms. The fraction of sp³-hybridized carbons (Fsp3) is 0.429. The molecule has 0 aromatic heterocycles. The zero-order chi connectivity index (χ0) is 14.4. The highest BCUT2D eigenvalue weighted by molar-refractivity contribution is 6.33. The fourth-order valence-electron chi connectivity index (χ4n) is 1.66. The summed E-state index contributed by atoms with van der Waals surface area (Å²) in [7, 11) is 3.04. The minimum atomic E-state index is -0.269. The highest BCUT2D eigenvalue weighted by atomic mass is 35.5. The molecule has 0 aliphatic heterocycles. The molecule has 0 bridgehead atoms. The largest absolute Gasteiger partial charge is 0.469 e. The summed E-state index contributed by atoms with van der Waals surface area (Å²) >= 11 is 6.05. The van der Waals surface area contributed by atoms with Crippen LogP contribution in [0.4, 0.5) is 0 Å². The van der Waals surface area contributed by atoms with Crippen LogP contribution in [0.3, 0.4) is 0 Å². The minimum absolute atomic E-state index is 0.144. The summed E-state index contributed by atoms with van der Waals surface area (Å²) in [6, 6.07) is 5.33. The third-order valence-electron chi connectivity index (χ3n) is 2.80. The molecule has 4 nitrogen and oxygen atoms in total. The van der Waals surface area contributed by atoms with Gasteiger partial charge >= 0.3 is 5.97 Å². The van der Waals surface area contributed by atoms with Gasteiger partial charge in [0.05, 0.1) is 17.7 Å². The Morgan fingerprint density at radius 2 is 2.05 bits per heavy atom. The van der Waals surface area contributed by atoms with Gasteiger partial charge in [0.1, 0.15) is 0 Å². The molecule has 0 aliphatic rings. The van der Waals surface area contributed by atoms with Crippen LogP contribution in [0.5, 0.6) is 0 Å². The predicted octanol–water partition coefficient (Wildman–Crippen LogP) is 2.67. The van der Waals surface area contributed by atoms with Crippen LogP contribution in [0, 0.1) is 6.92 Å². The Hall–Kier alpha value is -1.55. The maximum atomic E-state index is 12.1. The number of esters is 1. The second-order valence-corrected chi connectivity index (χ2v) is 4.80. The van der Waals surface area contributed by atoms with Crippen molar-refractivity contribution in [1.29, 1.82) is 0 Å². The number of carbonyl (C=O) groups excluding carboxylic acids is 2. The first-order chi connectivity index (χ1) is 8.95. The van der Waals surface area contributed by atoms with Gasteiger partial charge in [-0.2, -0.15) is 0 Å². The van der Waals surface area contributed by atoms with Crippen molar-refractivity contribution >= 4 is 23.5 Å². The summed E-state index contributed by atoms with van der Waals surface area (Å²) in [5.74, 6) is -0.413. The van der Waals surface area contributed by atoms with Gasteiger partial charge < -0.3 is 9.64 Å². The molecule has 0 unspecified atom stereocenters. The average Bonchev–Trinajstić information content (AvgIpc) is 2.37. The standard InChI is InChI=1S/C14H18ClNO3/c1-10-6-7-11(12(15)9-10)14(18)16(2)8-4-5-13(17)19-3/h6-7,9H,4-5,8H2,1-3H3. The van der Waals surface area contributed by atoms with Gasteiger partial charge in [-0.3, -0.25) is 9.59 Å². The van der Waals surface area contributed by atoms with Crippen LogP contribution in [0.1, 0.15) is 28.8 Å². The number of benzene rings is 1. The van der Waals surface area contributed by atoms with E-state index in [1.807, 2.05) is 13.0 Å². The van der Waals surface area contributed by atoms with Gasteiger partial charge in [-0.25, -0.2) is 0 Å². The Morgan fingerprint density at radius 3 is 2.63 bits per heavy atom. The van der Waals surface area contributed by atoms with Crippen molar-refractivity contribution in [3.8, 4) is 0 Å². The topological polar surface area (TPSA) is 46.6 Å². The van der Waals surface area contributed by atoms with Crippen molar-refractivity contribution in [3.63, 3.8) is 0 Å². The van der Waals surface area contributed by atoms with Crippen LogP contribution in [-0.2, 0) is 9.53 Å². The molecule has 1 amide bonds. The van der Waals surface area contributed by atoms with Gasteiger partial charge in [-0.15, -0.1) is 0 Å². The summed E-state index contributed by atoms with van der Waals surface area (Å²) in [6.07, 6.45) is 0.869. The quantitative estimate of drug-likeness (QED) is 0.781. The van der Waals surface area contributed by atoms with Crippen molar-refractivity contribution in [1.82, 2.24) is 4.90 Å². The first kappa shape index (κ1) is 15.5. The monoisotopic (exact) mass is 283 g/mol. The maximum absolute atomic E-state index is 12.1. The number of halogens is 1. The minimum Gasteiger partial charge on any atom is -0.469 e. The van der Waals surface area contributed by atoms with E-state index in [0.717, 1.165) is 5.56 Å². The van der Waals surface area contributed by atoms with Crippen molar-refractivity contribution in [2.45, 2.75) is 19.8 Å². The number of carbonyl (C=O) groups is 2. The van der Waals surface area contributed by atoms with E-state index < -0.39 is 0 Å². The number of rotatable bonds is 5. The van der Waals surface area contributed by atoms with Crippen LogP contribution in [0.2, 0.25) is 5.02 Å². The second-order valence-electron chi connectivity index (χ2n) is 4.39. The van der Waals surface area contributed by atoms with Crippen molar-refractivity contribution in [2.75, 3.05) is 20.7 Å². The number of methoxy groups -OCH3 is 1. The second kappa shape index (κ2) is 7.14. The zero-order valence-electron chi connectivity index (χ0n) is 11.4. The molecule has 0 saturated carbocycles. The van der Waals surface area contributed by atoms with Gasteiger partial charge in [-0.1, -0.05) is 17.7 Å². The lowest BCUT2D eigenvalue weighted by atomic mass is 10.1. The fourth-order valence-corrected chi connectivity index (χ4v) is 1.98. The van der Waals surface area contributed by atoms with E-state index in [2.05, 4.69) is 4.74 Å². The summed E-state index contributed by atoms with van der Waals surface area (Å²) in [6.45, 7) is 2.40. The van der Waals surface area contributed by atoms with Crippen molar-refractivity contribution in [2.24, 2.45) is 0 Å². The molecule has 0 heterocycles. The number of amides is 1. The predicted molar refractivity (Wildman–Crippen MR) is 74.4 cm³/mol. The molecule has 0 fully saturated rings. The van der Waals surface area contributed by atoms with Crippen LogP contribution in [0.15, 0.2) is 18.2 Å². The lowest BCUT2D eigenvalue weighted by molar-refractivity contribution is -0.140. The average molecular weight is 284 g/mol. The number of hydrogen-bond donors (Lipinski definition) is 0. The Kier molecular flexibility index (Phi) is 5.83. The molecule has 0 radical (unpaired) electrons. The highest BCUT2D eigenvalue weighted by Gasteiger charge is 2.15. The first-order valence-corrected chi connectivity index (χ1v) is 6.42. The Morgan fingerprint density at radius 1 is 1.37 bits per heavy atom. The molecule has 0 N–H and O–H groups in total. The third kappa shape index (κ3) is 4.56. The Labute approximate surface area is 118 Å². The summed E-state index contributed by atoms with van der Waals surface area (Å²) in [5, 5.41) is 0.449. The third-order valence-corrected chi connectivity index (χ3v) is 3.12. The molecule has 0 atom stereocenters. The molecule has 0 aliphatic carbocycles. The lowest BCUT2D eigenvalue weighted by Gasteiger charge is -2.17. The van der Waals surface area contributed by atoms with Gasteiger partial charge in [0.2, 0.25) is 0 Å². The molecule has 1 aromatic rings. The zero-order valence-corrected chi connectivity index (χ0v) is 12.2.